The summed E-state index contributed by atoms with van der Waals surface area (Å²) in [5, 5.41) is 5.23. The third kappa shape index (κ3) is 6.28. The molecule has 0 radical (unpaired) electrons. The van der Waals surface area contributed by atoms with E-state index in [1.807, 2.05) is 13.0 Å². The average molecular weight is 321 g/mol. The van der Waals surface area contributed by atoms with Crippen LogP contribution in [-0.4, -0.2) is 50.0 Å². The van der Waals surface area contributed by atoms with Crippen LogP contribution in [0.25, 0.3) is 0 Å². The van der Waals surface area contributed by atoms with E-state index in [1.54, 1.807) is 12.1 Å². The van der Waals surface area contributed by atoms with E-state index in [0.29, 0.717) is 18.0 Å². The zero-order valence-electron chi connectivity index (χ0n) is 14.4. The summed E-state index contributed by atoms with van der Waals surface area (Å²) in [6.45, 7) is 9.46. The molecule has 0 heterocycles. The lowest BCUT2D eigenvalue weighted by atomic mass is 10.2. The van der Waals surface area contributed by atoms with E-state index in [-0.39, 0.29) is 0 Å². The standard InChI is InChI=1S/C17H27N3O3/c1-5-20(6-2)11-7-10-18-16(21)17(22)19-14-12-13(3)8-9-15(14)23-4/h8-9,12H,5-7,10-11H2,1-4H3,(H,18,21)(H,19,22). The van der Waals surface area contributed by atoms with Gasteiger partial charge in [-0.05, 0) is 50.7 Å². The van der Waals surface area contributed by atoms with Gasteiger partial charge < -0.3 is 20.3 Å². The van der Waals surface area contributed by atoms with Gasteiger partial charge in [0.25, 0.3) is 0 Å². The highest BCUT2D eigenvalue weighted by molar-refractivity contribution is 6.39. The number of anilines is 1. The second-order valence-corrected chi connectivity index (χ2v) is 5.29. The van der Waals surface area contributed by atoms with Crippen LogP contribution in [0.1, 0.15) is 25.8 Å². The Labute approximate surface area is 138 Å². The lowest BCUT2D eigenvalue weighted by Gasteiger charge is -2.17. The third-order valence-corrected chi connectivity index (χ3v) is 3.64. The Morgan fingerprint density at radius 3 is 2.48 bits per heavy atom. The molecule has 0 bridgehead atoms. The van der Waals surface area contributed by atoms with Gasteiger partial charge in [-0.3, -0.25) is 9.59 Å². The summed E-state index contributed by atoms with van der Waals surface area (Å²) in [6, 6.07) is 5.40. The minimum atomic E-state index is -0.684. The van der Waals surface area contributed by atoms with Crippen LogP contribution in [0.2, 0.25) is 0 Å². The van der Waals surface area contributed by atoms with Crippen LogP contribution in [0.4, 0.5) is 5.69 Å². The number of carbonyl (C=O) groups excluding carboxylic acids is 2. The molecule has 0 aliphatic rings. The number of carbonyl (C=O) groups is 2. The molecule has 23 heavy (non-hydrogen) atoms. The molecule has 0 unspecified atom stereocenters. The molecule has 0 fully saturated rings. The quantitative estimate of drug-likeness (QED) is 0.566. The molecule has 1 aromatic rings. The van der Waals surface area contributed by atoms with E-state index < -0.39 is 11.8 Å². The summed E-state index contributed by atoms with van der Waals surface area (Å²) in [4.78, 5) is 26.0. The summed E-state index contributed by atoms with van der Waals surface area (Å²) >= 11 is 0. The van der Waals surface area contributed by atoms with Gasteiger partial charge in [-0.25, -0.2) is 0 Å². The van der Waals surface area contributed by atoms with E-state index in [0.717, 1.165) is 31.6 Å². The van der Waals surface area contributed by atoms with Crippen molar-refractivity contribution in [1.82, 2.24) is 10.2 Å². The van der Waals surface area contributed by atoms with Gasteiger partial charge in [-0.1, -0.05) is 19.9 Å². The molecule has 0 aromatic heterocycles. The topological polar surface area (TPSA) is 70.7 Å². The number of nitrogens with one attached hydrogen (secondary N) is 2. The normalized spacial score (nSPS) is 10.5. The Morgan fingerprint density at radius 1 is 1.17 bits per heavy atom. The zero-order chi connectivity index (χ0) is 17.2. The van der Waals surface area contributed by atoms with E-state index in [9.17, 15) is 9.59 Å². The van der Waals surface area contributed by atoms with Crippen LogP contribution in [0.15, 0.2) is 18.2 Å². The number of nitrogens with zero attached hydrogens (tertiary/aromatic N) is 1. The first-order valence-electron chi connectivity index (χ1n) is 7.98. The fraction of sp³-hybridized carbons (Fsp3) is 0.529. The molecular formula is C17H27N3O3. The molecule has 0 spiro atoms. The molecule has 0 saturated heterocycles. The minimum absolute atomic E-state index is 0.480. The van der Waals surface area contributed by atoms with Crippen LogP contribution in [0, 0.1) is 6.92 Å². The second-order valence-electron chi connectivity index (χ2n) is 5.29. The Hall–Kier alpha value is -2.08. The maximum atomic E-state index is 11.9. The summed E-state index contributed by atoms with van der Waals surface area (Å²) in [5.74, 6) is -0.789. The number of ether oxygens (including phenoxy) is 1. The summed E-state index contributed by atoms with van der Waals surface area (Å²) < 4.78 is 5.18. The number of hydrogen-bond donors (Lipinski definition) is 2. The molecule has 0 atom stereocenters. The van der Waals surface area contributed by atoms with Crippen LogP contribution in [0.5, 0.6) is 5.75 Å². The van der Waals surface area contributed by atoms with Crippen molar-refractivity contribution in [2.45, 2.75) is 27.2 Å². The fourth-order valence-electron chi connectivity index (χ4n) is 2.22. The van der Waals surface area contributed by atoms with Crippen molar-refractivity contribution in [3.63, 3.8) is 0 Å². The molecule has 2 amide bonds. The molecule has 128 valence electrons. The third-order valence-electron chi connectivity index (χ3n) is 3.64. The van der Waals surface area contributed by atoms with E-state index in [4.69, 9.17) is 4.74 Å². The van der Waals surface area contributed by atoms with Crippen LogP contribution < -0.4 is 15.4 Å². The molecule has 1 aromatic carbocycles. The van der Waals surface area contributed by atoms with Crippen molar-refractivity contribution in [3.05, 3.63) is 23.8 Å². The van der Waals surface area contributed by atoms with Crippen LogP contribution in [-0.2, 0) is 9.59 Å². The van der Waals surface area contributed by atoms with Gasteiger partial charge in [-0.2, -0.15) is 0 Å². The maximum Gasteiger partial charge on any atom is 0.313 e. The molecule has 6 nitrogen and oxygen atoms in total. The smallest absolute Gasteiger partial charge is 0.313 e. The van der Waals surface area contributed by atoms with Gasteiger partial charge in [0.2, 0.25) is 0 Å². The van der Waals surface area contributed by atoms with E-state index in [2.05, 4.69) is 29.4 Å². The Morgan fingerprint density at radius 2 is 1.87 bits per heavy atom. The summed E-state index contributed by atoms with van der Waals surface area (Å²) in [6.07, 6.45) is 0.814. The molecule has 6 heteroatoms. The van der Waals surface area contributed by atoms with Gasteiger partial charge in [-0.15, -0.1) is 0 Å². The largest absolute Gasteiger partial charge is 0.495 e. The van der Waals surface area contributed by atoms with E-state index >= 15 is 0 Å². The molecule has 0 aliphatic heterocycles. The molecule has 1 rings (SSSR count). The Bertz CT molecular complexity index is 528. The zero-order valence-corrected chi connectivity index (χ0v) is 14.4. The first-order valence-corrected chi connectivity index (χ1v) is 7.98. The molecule has 0 aliphatic carbocycles. The Kier molecular flexibility index (Phi) is 8.11. The predicted octanol–water partition coefficient (Wildman–Crippen LogP) is 1.79. The average Bonchev–Trinajstić information content (AvgIpc) is 2.55. The SMILES string of the molecule is CCN(CC)CCCNC(=O)C(=O)Nc1cc(C)ccc1OC. The summed E-state index contributed by atoms with van der Waals surface area (Å²) in [5.41, 5.74) is 1.47. The predicted molar refractivity (Wildman–Crippen MR) is 91.8 cm³/mol. The first-order chi connectivity index (χ1) is 11.0. The monoisotopic (exact) mass is 321 g/mol. The number of methoxy groups -OCH3 is 1. The van der Waals surface area contributed by atoms with Gasteiger partial charge in [0, 0.05) is 6.54 Å². The van der Waals surface area contributed by atoms with Gasteiger partial charge in [0.15, 0.2) is 0 Å². The van der Waals surface area contributed by atoms with Crippen LogP contribution >= 0.6 is 0 Å². The van der Waals surface area contributed by atoms with Gasteiger partial charge in [0.05, 0.1) is 12.8 Å². The minimum Gasteiger partial charge on any atom is -0.495 e. The summed E-state index contributed by atoms with van der Waals surface area (Å²) in [7, 11) is 1.52. The van der Waals surface area contributed by atoms with Crippen molar-refractivity contribution in [2.24, 2.45) is 0 Å². The number of amides is 2. The van der Waals surface area contributed by atoms with Gasteiger partial charge in [0.1, 0.15) is 5.75 Å². The molecular weight excluding hydrogens is 294 g/mol. The van der Waals surface area contributed by atoms with Gasteiger partial charge >= 0.3 is 11.8 Å². The highest BCUT2D eigenvalue weighted by Crippen LogP contribution is 2.24. The lowest BCUT2D eigenvalue weighted by molar-refractivity contribution is -0.136. The first kappa shape index (κ1) is 19.0. The number of aryl methyl sites for hydroxylation is 1. The van der Waals surface area contributed by atoms with Crippen molar-refractivity contribution in [2.75, 3.05) is 38.6 Å². The lowest BCUT2D eigenvalue weighted by Crippen LogP contribution is -2.37. The molecule has 2 N–H and O–H groups in total. The maximum absolute atomic E-state index is 11.9. The fourth-order valence-corrected chi connectivity index (χ4v) is 2.22. The molecule has 0 saturated carbocycles. The van der Waals surface area contributed by atoms with E-state index in [1.165, 1.54) is 7.11 Å². The van der Waals surface area contributed by atoms with Crippen molar-refractivity contribution in [3.8, 4) is 5.75 Å². The number of rotatable bonds is 8. The number of benzene rings is 1. The Balaban J connectivity index is 2.46. The van der Waals surface area contributed by atoms with Crippen LogP contribution in [0.3, 0.4) is 0 Å². The van der Waals surface area contributed by atoms with Crippen molar-refractivity contribution in [1.29, 1.82) is 0 Å². The number of hydrogen-bond acceptors (Lipinski definition) is 4. The highest BCUT2D eigenvalue weighted by atomic mass is 16.5. The second kappa shape index (κ2) is 9.84. The highest BCUT2D eigenvalue weighted by Gasteiger charge is 2.15. The van der Waals surface area contributed by atoms with Crippen molar-refractivity contribution >= 4 is 17.5 Å². The van der Waals surface area contributed by atoms with Crippen molar-refractivity contribution < 1.29 is 14.3 Å².